The minimum atomic E-state index is -0.0237. The van der Waals surface area contributed by atoms with Gasteiger partial charge in [-0.2, -0.15) is 0 Å². The second kappa shape index (κ2) is 9.73. The van der Waals surface area contributed by atoms with Gasteiger partial charge in [0.2, 0.25) is 0 Å². The predicted molar refractivity (Wildman–Crippen MR) is 126 cm³/mol. The van der Waals surface area contributed by atoms with E-state index in [1.807, 2.05) is 7.05 Å². The molecule has 2 aromatic rings. The van der Waals surface area contributed by atoms with E-state index >= 15 is 0 Å². The van der Waals surface area contributed by atoms with E-state index in [-0.39, 0.29) is 5.41 Å². The Morgan fingerprint density at radius 3 is 2.68 bits per heavy atom. The maximum Gasteiger partial charge on any atom is 0.193 e. The number of aliphatic imine (C=N–C) groups is 1. The average molecular weight is 422 g/mol. The lowest BCUT2D eigenvalue weighted by Crippen LogP contribution is -2.49. The van der Waals surface area contributed by atoms with Crippen LogP contribution in [0, 0.1) is 6.92 Å². The second-order valence-electron chi connectivity index (χ2n) is 8.84. The first-order valence-corrected chi connectivity index (χ1v) is 11.4. The number of rotatable bonds is 5. The number of nitrogens with zero attached hydrogens (tertiary/aromatic N) is 2. The number of guanidine groups is 1. The molecule has 0 saturated carbocycles. The molecule has 31 heavy (non-hydrogen) atoms. The lowest BCUT2D eigenvalue weighted by Gasteiger charge is -2.39. The third-order valence-electron chi connectivity index (χ3n) is 6.93. The number of hydrogen-bond donors (Lipinski definition) is 1. The van der Waals surface area contributed by atoms with Crippen LogP contribution in [-0.2, 0) is 10.2 Å². The van der Waals surface area contributed by atoms with Crippen LogP contribution < -0.4 is 10.1 Å². The van der Waals surface area contributed by atoms with Crippen LogP contribution in [0.1, 0.15) is 41.9 Å². The Hall–Kier alpha value is -2.53. The highest BCUT2D eigenvalue weighted by Gasteiger charge is 2.38. The molecule has 0 bridgehead atoms. The summed E-state index contributed by atoms with van der Waals surface area (Å²) in [6.07, 6.45) is 3.11. The Balaban J connectivity index is 1.50. The largest absolute Gasteiger partial charge is 0.496 e. The van der Waals surface area contributed by atoms with Gasteiger partial charge in [0.05, 0.1) is 7.11 Å². The fraction of sp³-hybridized carbons (Fsp3) is 0.500. The molecule has 0 aliphatic carbocycles. The number of benzene rings is 2. The van der Waals surface area contributed by atoms with Crippen molar-refractivity contribution in [3.8, 4) is 5.75 Å². The number of ether oxygens (including phenoxy) is 2. The molecular formula is C26H35N3O2. The summed E-state index contributed by atoms with van der Waals surface area (Å²) in [5, 5.41) is 3.73. The zero-order valence-corrected chi connectivity index (χ0v) is 19.1. The van der Waals surface area contributed by atoms with Crippen molar-refractivity contribution in [2.75, 3.05) is 47.0 Å². The van der Waals surface area contributed by atoms with Crippen LogP contribution >= 0.6 is 0 Å². The summed E-state index contributed by atoms with van der Waals surface area (Å²) < 4.78 is 11.5. The Morgan fingerprint density at radius 1 is 1.19 bits per heavy atom. The summed E-state index contributed by atoms with van der Waals surface area (Å²) >= 11 is 0. The zero-order chi connectivity index (χ0) is 21.7. The van der Waals surface area contributed by atoms with Gasteiger partial charge in [-0.3, -0.25) is 4.99 Å². The third kappa shape index (κ3) is 4.72. The molecule has 2 saturated heterocycles. The van der Waals surface area contributed by atoms with Crippen molar-refractivity contribution < 1.29 is 9.47 Å². The first-order valence-electron chi connectivity index (χ1n) is 11.4. The number of methoxy groups -OCH3 is 1. The maximum atomic E-state index is 5.77. The SMILES string of the molecule is CN=C(NCC1(c2cc(C)ccc2OC)CCOCC1)N1CCC(c2ccccc2)C1. The molecule has 2 aromatic carbocycles. The fourth-order valence-electron chi connectivity index (χ4n) is 5.07. The molecule has 0 aromatic heterocycles. The summed E-state index contributed by atoms with van der Waals surface area (Å²) in [4.78, 5) is 7.04. The molecule has 1 N–H and O–H groups in total. The van der Waals surface area contributed by atoms with Gasteiger partial charge in [-0.05, 0) is 37.8 Å². The lowest BCUT2D eigenvalue weighted by molar-refractivity contribution is 0.0503. The minimum absolute atomic E-state index is 0.0237. The van der Waals surface area contributed by atoms with Crippen molar-refractivity contribution in [2.24, 2.45) is 4.99 Å². The van der Waals surface area contributed by atoms with Crippen molar-refractivity contribution in [1.29, 1.82) is 0 Å². The molecule has 1 unspecified atom stereocenters. The molecule has 0 spiro atoms. The Bertz CT molecular complexity index is 891. The summed E-state index contributed by atoms with van der Waals surface area (Å²) in [6.45, 7) is 6.57. The smallest absolute Gasteiger partial charge is 0.193 e. The number of aryl methyl sites for hydroxylation is 1. The van der Waals surface area contributed by atoms with Gasteiger partial charge in [-0.15, -0.1) is 0 Å². The van der Waals surface area contributed by atoms with Crippen molar-refractivity contribution >= 4 is 5.96 Å². The van der Waals surface area contributed by atoms with E-state index in [2.05, 4.69) is 70.7 Å². The van der Waals surface area contributed by atoms with E-state index in [0.717, 1.165) is 63.8 Å². The standard InChI is InChI=1S/C26H35N3O2/c1-20-9-10-24(30-3)23(17-20)26(12-15-31-16-13-26)19-28-25(27-2)29-14-11-22(18-29)21-7-5-4-6-8-21/h4-10,17,22H,11-16,18-19H2,1-3H3,(H,27,28). The van der Waals surface area contributed by atoms with Gasteiger partial charge in [-0.25, -0.2) is 0 Å². The van der Waals surface area contributed by atoms with Gasteiger partial charge in [-0.1, -0.05) is 48.0 Å². The van der Waals surface area contributed by atoms with E-state index in [4.69, 9.17) is 9.47 Å². The van der Waals surface area contributed by atoms with Gasteiger partial charge >= 0.3 is 0 Å². The van der Waals surface area contributed by atoms with Gasteiger partial charge < -0.3 is 19.7 Å². The molecule has 5 nitrogen and oxygen atoms in total. The lowest BCUT2D eigenvalue weighted by atomic mass is 9.73. The van der Waals surface area contributed by atoms with Crippen LogP contribution in [0.3, 0.4) is 0 Å². The molecule has 2 heterocycles. The van der Waals surface area contributed by atoms with E-state index in [1.165, 1.54) is 16.7 Å². The third-order valence-corrected chi connectivity index (χ3v) is 6.93. The Kier molecular flexibility index (Phi) is 6.81. The minimum Gasteiger partial charge on any atom is -0.496 e. The molecule has 2 fully saturated rings. The summed E-state index contributed by atoms with van der Waals surface area (Å²) in [7, 11) is 3.66. The van der Waals surface area contributed by atoms with Gasteiger partial charge in [0, 0.05) is 56.8 Å². The van der Waals surface area contributed by atoms with E-state index in [9.17, 15) is 0 Å². The van der Waals surface area contributed by atoms with Gasteiger partial charge in [0.15, 0.2) is 5.96 Å². The Morgan fingerprint density at radius 2 is 1.97 bits per heavy atom. The maximum absolute atomic E-state index is 5.77. The second-order valence-corrected chi connectivity index (χ2v) is 8.84. The van der Waals surface area contributed by atoms with Crippen LogP contribution in [0.4, 0.5) is 0 Å². The molecule has 4 rings (SSSR count). The van der Waals surface area contributed by atoms with E-state index < -0.39 is 0 Å². The van der Waals surface area contributed by atoms with Crippen molar-refractivity contribution in [3.05, 3.63) is 65.2 Å². The molecule has 1 atom stereocenters. The van der Waals surface area contributed by atoms with Crippen LogP contribution in [0.5, 0.6) is 5.75 Å². The van der Waals surface area contributed by atoms with Crippen LogP contribution in [0.15, 0.2) is 53.5 Å². The summed E-state index contributed by atoms with van der Waals surface area (Å²) in [5.41, 5.74) is 3.94. The van der Waals surface area contributed by atoms with Crippen molar-refractivity contribution in [2.45, 2.75) is 37.5 Å². The number of nitrogens with one attached hydrogen (secondary N) is 1. The van der Waals surface area contributed by atoms with Gasteiger partial charge in [0.25, 0.3) is 0 Å². The number of hydrogen-bond acceptors (Lipinski definition) is 3. The van der Waals surface area contributed by atoms with E-state index in [0.29, 0.717) is 5.92 Å². The van der Waals surface area contributed by atoms with Crippen LogP contribution in [0.25, 0.3) is 0 Å². The van der Waals surface area contributed by atoms with E-state index in [1.54, 1.807) is 7.11 Å². The normalized spacial score (nSPS) is 21.2. The highest BCUT2D eigenvalue weighted by molar-refractivity contribution is 5.80. The van der Waals surface area contributed by atoms with Crippen molar-refractivity contribution in [1.82, 2.24) is 10.2 Å². The molecule has 5 heteroatoms. The van der Waals surface area contributed by atoms with Crippen molar-refractivity contribution in [3.63, 3.8) is 0 Å². The van der Waals surface area contributed by atoms with Crippen LogP contribution in [-0.4, -0.2) is 57.9 Å². The molecule has 2 aliphatic rings. The molecular weight excluding hydrogens is 386 g/mol. The highest BCUT2D eigenvalue weighted by atomic mass is 16.5. The average Bonchev–Trinajstić information content (AvgIpc) is 3.31. The first-order chi connectivity index (χ1) is 15.1. The highest BCUT2D eigenvalue weighted by Crippen LogP contribution is 2.40. The fourth-order valence-corrected chi connectivity index (χ4v) is 5.07. The first kappa shape index (κ1) is 21.7. The quantitative estimate of drug-likeness (QED) is 0.583. The Labute approximate surface area is 186 Å². The topological polar surface area (TPSA) is 46.1 Å². The summed E-state index contributed by atoms with van der Waals surface area (Å²) in [5.74, 6) is 2.53. The number of likely N-dealkylation sites (tertiary alicyclic amines) is 1. The molecule has 2 aliphatic heterocycles. The molecule has 0 radical (unpaired) electrons. The molecule has 166 valence electrons. The summed E-state index contributed by atoms with van der Waals surface area (Å²) in [6, 6.07) is 17.3. The predicted octanol–water partition coefficient (Wildman–Crippen LogP) is 4.12. The van der Waals surface area contributed by atoms with Gasteiger partial charge in [0.1, 0.15) is 5.75 Å². The van der Waals surface area contributed by atoms with Crippen LogP contribution in [0.2, 0.25) is 0 Å². The zero-order valence-electron chi connectivity index (χ0n) is 19.1. The molecule has 0 amide bonds. The monoisotopic (exact) mass is 421 g/mol.